The van der Waals surface area contributed by atoms with Gasteiger partial charge in [0.2, 0.25) is 5.91 Å². The first-order chi connectivity index (χ1) is 7.63. The molecule has 1 saturated carbocycles. The van der Waals surface area contributed by atoms with Crippen LogP contribution in [0.5, 0.6) is 0 Å². The zero-order chi connectivity index (χ0) is 12.0. The minimum atomic E-state index is 0. The molecule has 0 unspecified atom stereocenters. The van der Waals surface area contributed by atoms with Crippen molar-refractivity contribution in [3.8, 4) is 0 Å². The number of aliphatic imine (C=N–C) groups is 1. The molecule has 0 saturated heterocycles. The van der Waals surface area contributed by atoms with Gasteiger partial charge in [0.1, 0.15) is 0 Å². The number of guanidine groups is 1. The molecule has 100 valence electrons. The van der Waals surface area contributed by atoms with E-state index >= 15 is 0 Å². The Labute approximate surface area is 120 Å². The van der Waals surface area contributed by atoms with Gasteiger partial charge in [-0.3, -0.25) is 9.79 Å². The van der Waals surface area contributed by atoms with E-state index in [1.165, 1.54) is 25.7 Å². The second kappa shape index (κ2) is 8.54. The van der Waals surface area contributed by atoms with Gasteiger partial charge < -0.3 is 15.5 Å². The molecule has 17 heavy (non-hydrogen) atoms. The molecule has 0 aromatic carbocycles. The van der Waals surface area contributed by atoms with Crippen molar-refractivity contribution in [2.24, 2.45) is 4.99 Å². The predicted octanol–water partition coefficient (Wildman–Crippen LogP) is 0.800. The Kier molecular flexibility index (Phi) is 8.28. The Morgan fingerprint density at radius 2 is 1.94 bits per heavy atom. The van der Waals surface area contributed by atoms with Crippen molar-refractivity contribution in [1.82, 2.24) is 15.5 Å². The van der Waals surface area contributed by atoms with Crippen molar-refractivity contribution in [3.05, 3.63) is 0 Å². The van der Waals surface area contributed by atoms with E-state index in [-0.39, 0.29) is 29.9 Å². The normalized spacial score (nSPS) is 16.3. The Morgan fingerprint density at radius 3 is 2.41 bits per heavy atom. The van der Waals surface area contributed by atoms with E-state index in [9.17, 15) is 4.79 Å². The molecule has 1 fully saturated rings. The number of rotatable bonds is 3. The number of likely N-dealkylation sites (N-methyl/N-ethyl adjacent to an activating group) is 1. The molecule has 5 nitrogen and oxygen atoms in total. The second-order valence-corrected chi connectivity index (χ2v) is 4.34. The summed E-state index contributed by atoms with van der Waals surface area (Å²) in [5.74, 6) is 0.775. The Bertz CT molecular complexity index is 262. The molecule has 0 heterocycles. The number of carbonyl (C=O) groups excluding carboxylic acids is 1. The summed E-state index contributed by atoms with van der Waals surface area (Å²) in [5, 5.41) is 6.35. The number of amides is 1. The molecule has 0 radical (unpaired) electrons. The highest BCUT2D eigenvalue weighted by atomic mass is 127. The summed E-state index contributed by atoms with van der Waals surface area (Å²) in [5.41, 5.74) is 0. The Hall–Kier alpha value is -0.530. The van der Waals surface area contributed by atoms with Crippen LogP contribution in [0.2, 0.25) is 0 Å². The fraction of sp³-hybridized carbons (Fsp3) is 0.818. The number of nitrogens with zero attached hydrogens (tertiary/aromatic N) is 2. The lowest BCUT2D eigenvalue weighted by molar-refractivity contribution is -0.127. The van der Waals surface area contributed by atoms with E-state index in [1.54, 1.807) is 26.0 Å². The largest absolute Gasteiger partial charge is 0.354 e. The molecule has 2 N–H and O–H groups in total. The summed E-state index contributed by atoms with van der Waals surface area (Å²) < 4.78 is 0. The van der Waals surface area contributed by atoms with Crippen LogP contribution in [0.15, 0.2) is 4.99 Å². The van der Waals surface area contributed by atoms with Crippen molar-refractivity contribution in [3.63, 3.8) is 0 Å². The summed E-state index contributed by atoms with van der Waals surface area (Å²) in [6, 6.07) is 0.514. The molecule has 6 heteroatoms. The summed E-state index contributed by atoms with van der Waals surface area (Å²) in [6.45, 7) is 0.291. The zero-order valence-corrected chi connectivity index (χ0v) is 13.2. The van der Waals surface area contributed by atoms with Gasteiger partial charge in [0.25, 0.3) is 0 Å². The lowest BCUT2D eigenvalue weighted by Crippen LogP contribution is -2.45. The van der Waals surface area contributed by atoms with Gasteiger partial charge in [-0.15, -0.1) is 24.0 Å². The maximum Gasteiger partial charge on any atom is 0.241 e. The standard InChI is InChI=1S/C11H22N4O.HI/c1-12-11(13-8-10(16)15(2)3)14-9-6-4-5-7-9;/h9H,4-8H2,1-3H3,(H2,12,13,14);1H. The van der Waals surface area contributed by atoms with Gasteiger partial charge in [-0.1, -0.05) is 12.8 Å². The molecule has 1 amide bonds. The van der Waals surface area contributed by atoms with Crippen molar-refractivity contribution >= 4 is 35.8 Å². The number of halogens is 1. The van der Waals surface area contributed by atoms with Crippen LogP contribution in [-0.2, 0) is 4.79 Å². The van der Waals surface area contributed by atoms with Crippen LogP contribution in [0.25, 0.3) is 0 Å². The lowest BCUT2D eigenvalue weighted by atomic mass is 10.2. The first-order valence-electron chi connectivity index (χ1n) is 5.81. The molecular formula is C11H23IN4O. The average Bonchev–Trinajstić information content (AvgIpc) is 2.76. The third kappa shape index (κ3) is 6.09. The van der Waals surface area contributed by atoms with Gasteiger partial charge >= 0.3 is 0 Å². The second-order valence-electron chi connectivity index (χ2n) is 4.34. The monoisotopic (exact) mass is 354 g/mol. The van der Waals surface area contributed by atoms with Gasteiger partial charge in [-0.2, -0.15) is 0 Å². The molecule has 1 aliphatic rings. The van der Waals surface area contributed by atoms with Crippen LogP contribution >= 0.6 is 24.0 Å². The smallest absolute Gasteiger partial charge is 0.241 e. The molecule has 0 aromatic rings. The molecule has 0 aromatic heterocycles. The summed E-state index contributed by atoms with van der Waals surface area (Å²) in [6.07, 6.45) is 4.96. The molecule has 0 bridgehead atoms. The lowest BCUT2D eigenvalue weighted by Gasteiger charge is -2.17. The van der Waals surface area contributed by atoms with Gasteiger partial charge in [-0.25, -0.2) is 0 Å². The molecule has 0 spiro atoms. The van der Waals surface area contributed by atoms with Gasteiger partial charge in [-0.05, 0) is 12.8 Å². The molecular weight excluding hydrogens is 331 g/mol. The van der Waals surface area contributed by atoms with Crippen molar-refractivity contribution in [2.45, 2.75) is 31.7 Å². The highest BCUT2D eigenvalue weighted by molar-refractivity contribution is 14.0. The SMILES string of the molecule is CN=C(NCC(=O)N(C)C)NC1CCCC1.I. The van der Waals surface area contributed by atoms with E-state index in [2.05, 4.69) is 15.6 Å². The summed E-state index contributed by atoms with van der Waals surface area (Å²) in [7, 11) is 5.22. The molecule has 1 aliphatic carbocycles. The van der Waals surface area contributed by atoms with E-state index in [4.69, 9.17) is 0 Å². The van der Waals surface area contributed by atoms with E-state index in [1.807, 2.05) is 0 Å². The first-order valence-corrected chi connectivity index (χ1v) is 5.81. The maximum absolute atomic E-state index is 11.4. The van der Waals surface area contributed by atoms with Crippen LogP contribution in [0.1, 0.15) is 25.7 Å². The Morgan fingerprint density at radius 1 is 1.35 bits per heavy atom. The van der Waals surface area contributed by atoms with Crippen LogP contribution < -0.4 is 10.6 Å². The molecule has 0 aliphatic heterocycles. The van der Waals surface area contributed by atoms with Crippen molar-refractivity contribution in [2.75, 3.05) is 27.7 Å². The molecule has 1 rings (SSSR count). The van der Waals surface area contributed by atoms with Crippen LogP contribution in [0.4, 0.5) is 0 Å². The van der Waals surface area contributed by atoms with E-state index in [0.29, 0.717) is 12.6 Å². The fourth-order valence-corrected chi connectivity index (χ4v) is 1.78. The third-order valence-electron chi connectivity index (χ3n) is 2.83. The van der Waals surface area contributed by atoms with Crippen LogP contribution in [0.3, 0.4) is 0 Å². The van der Waals surface area contributed by atoms with Gasteiger partial charge in [0.15, 0.2) is 5.96 Å². The number of hydrogen-bond donors (Lipinski definition) is 2. The minimum Gasteiger partial charge on any atom is -0.354 e. The topological polar surface area (TPSA) is 56.7 Å². The maximum atomic E-state index is 11.4. The van der Waals surface area contributed by atoms with Crippen LogP contribution in [0, 0.1) is 0 Å². The minimum absolute atomic E-state index is 0. The predicted molar refractivity (Wildman–Crippen MR) is 80.9 cm³/mol. The highest BCUT2D eigenvalue weighted by Crippen LogP contribution is 2.17. The van der Waals surface area contributed by atoms with E-state index < -0.39 is 0 Å². The zero-order valence-electron chi connectivity index (χ0n) is 10.8. The number of carbonyl (C=O) groups is 1. The highest BCUT2D eigenvalue weighted by Gasteiger charge is 2.16. The summed E-state index contributed by atoms with van der Waals surface area (Å²) in [4.78, 5) is 17.1. The average molecular weight is 354 g/mol. The van der Waals surface area contributed by atoms with Gasteiger partial charge in [0.05, 0.1) is 6.54 Å². The van der Waals surface area contributed by atoms with Gasteiger partial charge in [0, 0.05) is 27.2 Å². The number of nitrogens with one attached hydrogen (secondary N) is 2. The fourth-order valence-electron chi connectivity index (χ4n) is 1.78. The quantitative estimate of drug-likeness (QED) is 0.448. The molecule has 0 atom stereocenters. The Balaban J connectivity index is 0.00000256. The summed E-state index contributed by atoms with van der Waals surface area (Å²) >= 11 is 0. The third-order valence-corrected chi connectivity index (χ3v) is 2.83. The first kappa shape index (κ1) is 16.5. The van der Waals surface area contributed by atoms with Crippen molar-refractivity contribution in [1.29, 1.82) is 0 Å². The van der Waals surface area contributed by atoms with Crippen molar-refractivity contribution < 1.29 is 4.79 Å². The van der Waals surface area contributed by atoms with E-state index in [0.717, 1.165) is 5.96 Å². The number of hydrogen-bond acceptors (Lipinski definition) is 2. The van der Waals surface area contributed by atoms with Crippen LogP contribution in [-0.4, -0.2) is 50.5 Å².